The summed E-state index contributed by atoms with van der Waals surface area (Å²) < 4.78 is 39.1. The maximum atomic E-state index is 13.0. The normalized spacial score (nSPS) is 19.0. The smallest absolute Gasteiger partial charge is 0.345 e. The van der Waals surface area contributed by atoms with Gasteiger partial charge in [0.2, 0.25) is 0 Å². The summed E-state index contributed by atoms with van der Waals surface area (Å²) in [6.07, 6.45) is 5.98. The van der Waals surface area contributed by atoms with E-state index in [1.165, 1.54) is 12.1 Å². The van der Waals surface area contributed by atoms with Gasteiger partial charge in [0.25, 0.3) is 0 Å². The lowest BCUT2D eigenvalue weighted by Gasteiger charge is -2.23. The third-order valence-electron chi connectivity index (χ3n) is 5.72. The second kappa shape index (κ2) is 13.2. The van der Waals surface area contributed by atoms with E-state index >= 15 is 0 Å². The molecule has 1 aromatic rings. The van der Waals surface area contributed by atoms with Gasteiger partial charge in [-0.2, -0.15) is 13.2 Å². The molecule has 0 amide bonds. The van der Waals surface area contributed by atoms with Gasteiger partial charge >= 0.3 is 6.18 Å². The highest BCUT2D eigenvalue weighted by atomic mass is 19.4. The molecule has 0 saturated carbocycles. The molecule has 35 heavy (non-hydrogen) atoms. The van der Waals surface area contributed by atoms with Crippen molar-refractivity contribution in [1.29, 1.82) is 0 Å². The Kier molecular flexibility index (Phi) is 10.7. The number of nitrogens with zero attached hydrogens (tertiary/aromatic N) is 2. The second-order valence-corrected chi connectivity index (χ2v) is 9.10. The van der Waals surface area contributed by atoms with E-state index in [1.54, 1.807) is 12.4 Å². The zero-order chi connectivity index (χ0) is 26.0. The lowest BCUT2D eigenvalue weighted by molar-refractivity contribution is -0.137. The van der Waals surface area contributed by atoms with Crippen LogP contribution >= 0.6 is 0 Å². The van der Waals surface area contributed by atoms with E-state index in [0.29, 0.717) is 30.1 Å². The SMILES string of the molecule is C\C=C/N=C1\C(=NCC(C)CCC(=O)C(C)C)NC=C(c2ccc(C(F)(F)F)cc2)\C1=C/CCC. The number of carbonyl (C=O) groups excluding carboxylic acids is 1. The van der Waals surface area contributed by atoms with Crippen molar-refractivity contribution >= 4 is 22.9 Å². The Morgan fingerprint density at radius 3 is 2.40 bits per heavy atom. The molecular formula is C28H36F3N3O. The number of Topliss-reactive ketones (excluding diaryl/α,β-unsaturated/α-hetero) is 1. The van der Waals surface area contributed by atoms with Crippen LogP contribution in [-0.4, -0.2) is 23.9 Å². The molecule has 0 radical (unpaired) electrons. The fourth-order valence-corrected chi connectivity index (χ4v) is 3.53. The predicted molar refractivity (Wildman–Crippen MR) is 138 cm³/mol. The van der Waals surface area contributed by atoms with Gasteiger partial charge in [0.15, 0.2) is 5.84 Å². The first-order valence-corrected chi connectivity index (χ1v) is 12.2. The number of ketones is 1. The van der Waals surface area contributed by atoms with Crippen molar-refractivity contribution in [3.05, 3.63) is 65.5 Å². The van der Waals surface area contributed by atoms with Gasteiger partial charge in [-0.1, -0.05) is 58.4 Å². The minimum atomic E-state index is -4.38. The summed E-state index contributed by atoms with van der Waals surface area (Å²) in [6.45, 7) is 10.4. The number of carbonyl (C=O) groups is 1. The number of halogens is 3. The zero-order valence-electron chi connectivity index (χ0n) is 21.2. The van der Waals surface area contributed by atoms with Crippen LogP contribution in [0.15, 0.2) is 64.4 Å². The topological polar surface area (TPSA) is 53.8 Å². The van der Waals surface area contributed by atoms with E-state index in [0.717, 1.165) is 42.5 Å². The molecule has 0 fully saturated rings. The first-order valence-electron chi connectivity index (χ1n) is 12.2. The highest BCUT2D eigenvalue weighted by molar-refractivity contribution is 6.52. The average molecular weight is 488 g/mol. The Hall–Kier alpha value is -2.96. The molecule has 1 heterocycles. The molecule has 1 aliphatic heterocycles. The molecule has 1 N–H and O–H groups in total. The molecule has 1 aromatic carbocycles. The Morgan fingerprint density at radius 2 is 1.83 bits per heavy atom. The van der Waals surface area contributed by atoms with Crippen LogP contribution in [0, 0.1) is 11.8 Å². The lowest BCUT2D eigenvalue weighted by Crippen LogP contribution is -2.34. The number of unbranched alkanes of at least 4 members (excludes halogenated alkanes) is 1. The Morgan fingerprint density at radius 1 is 1.14 bits per heavy atom. The second-order valence-electron chi connectivity index (χ2n) is 9.10. The Bertz CT molecular complexity index is 1010. The highest BCUT2D eigenvalue weighted by Crippen LogP contribution is 2.33. The van der Waals surface area contributed by atoms with Gasteiger partial charge in [0.1, 0.15) is 11.5 Å². The number of amidine groups is 1. The number of benzene rings is 1. The van der Waals surface area contributed by atoms with Gasteiger partial charge in [0.05, 0.1) is 5.56 Å². The zero-order valence-corrected chi connectivity index (χ0v) is 21.2. The first-order chi connectivity index (χ1) is 16.6. The molecule has 0 aromatic heterocycles. The van der Waals surface area contributed by atoms with Crippen molar-refractivity contribution in [3.8, 4) is 0 Å². The third-order valence-corrected chi connectivity index (χ3v) is 5.72. The van der Waals surface area contributed by atoms with Gasteiger partial charge in [0, 0.05) is 42.4 Å². The van der Waals surface area contributed by atoms with E-state index in [1.807, 2.05) is 26.8 Å². The maximum Gasteiger partial charge on any atom is 0.416 e. The van der Waals surface area contributed by atoms with E-state index in [2.05, 4.69) is 30.2 Å². The maximum absolute atomic E-state index is 13.0. The first kappa shape index (κ1) is 28.3. The quantitative estimate of drug-likeness (QED) is 0.374. The number of nitrogens with one attached hydrogen (secondary N) is 1. The minimum absolute atomic E-state index is 0.0353. The van der Waals surface area contributed by atoms with E-state index in [-0.39, 0.29) is 17.6 Å². The Balaban J connectivity index is 2.38. The molecule has 1 aliphatic rings. The van der Waals surface area contributed by atoms with Crippen LogP contribution < -0.4 is 5.32 Å². The predicted octanol–water partition coefficient (Wildman–Crippen LogP) is 7.39. The van der Waals surface area contributed by atoms with Crippen molar-refractivity contribution in [2.24, 2.45) is 21.8 Å². The molecule has 190 valence electrons. The summed E-state index contributed by atoms with van der Waals surface area (Å²) in [5.41, 5.74) is 2.24. The summed E-state index contributed by atoms with van der Waals surface area (Å²) >= 11 is 0. The average Bonchev–Trinajstić information content (AvgIpc) is 2.82. The standard InChI is InChI=1S/C28H36F3N3O/c1-6-8-9-23-24(21-11-13-22(14-12-21)28(29,30)31)18-34-27(26(23)32-16-7-2)33-17-20(5)10-15-25(35)19(3)4/h7,9,11-14,16,18-20H,6,8,10,15,17H2,1-5H3,(H,33,34)/b16-7-,23-9+,32-26-. The number of aliphatic imine (C=N–C) groups is 2. The molecule has 0 bridgehead atoms. The summed E-state index contributed by atoms with van der Waals surface area (Å²) in [7, 11) is 0. The largest absolute Gasteiger partial charge is 0.416 e. The van der Waals surface area contributed by atoms with Crippen LogP contribution in [0.3, 0.4) is 0 Å². The number of alkyl halides is 3. The molecule has 0 saturated heterocycles. The van der Waals surface area contributed by atoms with Crippen molar-refractivity contribution in [2.45, 2.75) is 66.5 Å². The highest BCUT2D eigenvalue weighted by Gasteiger charge is 2.30. The molecule has 4 nitrogen and oxygen atoms in total. The number of hydrogen-bond donors (Lipinski definition) is 1. The fourth-order valence-electron chi connectivity index (χ4n) is 3.53. The Labute approximate surface area is 206 Å². The van der Waals surface area contributed by atoms with Crippen LogP contribution in [0.2, 0.25) is 0 Å². The molecule has 7 heteroatoms. The van der Waals surface area contributed by atoms with Gasteiger partial charge in [-0.15, -0.1) is 0 Å². The van der Waals surface area contributed by atoms with E-state index in [9.17, 15) is 18.0 Å². The molecule has 0 aliphatic carbocycles. The lowest BCUT2D eigenvalue weighted by atomic mass is 9.90. The molecule has 1 unspecified atom stereocenters. The molecular weight excluding hydrogens is 451 g/mol. The van der Waals surface area contributed by atoms with Crippen molar-refractivity contribution < 1.29 is 18.0 Å². The fraction of sp³-hybridized carbons (Fsp3) is 0.464. The summed E-state index contributed by atoms with van der Waals surface area (Å²) in [5, 5.41) is 3.21. The van der Waals surface area contributed by atoms with Crippen molar-refractivity contribution in [1.82, 2.24) is 5.32 Å². The van der Waals surface area contributed by atoms with Gasteiger partial charge in [-0.05, 0) is 43.4 Å². The summed E-state index contributed by atoms with van der Waals surface area (Å²) in [6, 6.07) is 5.17. The number of rotatable bonds is 10. The minimum Gasteiger partial charge on any atom is -0.345 e. The van der Waals surface area contributed by atoms with E-state index in [4.69, 9.17) is 4.99 Å². The van der Waals surface area contributed by atoms with Crippen molar-refractivity contribution in [2.75, 3.05) is 6.54 Å². The van der Waals surface area contributed by atoms with Crippen LogP contribution in [0.5, 0.6) is 0 Å². The van der Waals surface area contributed by atoms with Crippen LogP contribution in [0.25, 0.3) is 5.57 Å². The van der Waals surface area contributed by atoms with Crippen LogP contribution in [0.4, 0.5) is 13.2 Å². The molecule has 2 rings (SSSR count). The van der Waals surface area contributed by atoms with Gasteiger partial charge in [-0.3, -0.25) is 14.8 Å². The third kappa shape index (κ3) is 8.34. The van der Waals surface area contributed by atoms with Crippen LogP contribution in [-0.2, 0) is 11.0 Å². The van der Waals surface area contributed by atoms with Crippen molar-refractivity contribution in [3.63, 3.8) is 0 Å². The summed E-state index contributed by atoms with van der Waals surface area (Å²) in [5.74, 6) is 1.12. The summed E-state index contributed by atoms with van der Waals surface area (Å²) in [4.78, 5) is 21.4. The molecule has 1 atom stereocenters. The van der Waals surface area contributed by atoms with Gasteiger partial charge in [-0.25, -0.2) is 0 Å². The number of allylic oxidation sites excluding steroid dienone is 3. The monoisotopic (exact) mass is 487 g/mol. The van der Waals surface area contributed by atoms with Crippen LogP contribution in [0.1, 0.15) is 71.4 Å². The molecule has 0 spiro atoms. The van der Waals surface area contributed by atoms with Gasteiger partial charge < -0.3 is 5.32 Å². The van der Waals surface area contributed by atoms with E-state index < -0.39 is 11.7 Å². The number of hydrogen-bond acceptors (Lipinski definition) is 3.